The van der Waals surface area contributed by atoms with Crippen LogP contribution in [0.15, 0.2) is 40.9 Å². The van der Waals surface area contributed by atoms with Crippen LogP contribution in [0.2, 0.25) is 0 Å². The Bertz CT molecular complexity index is 663. The number of aliphatic hydroxyl groups is 1. The van der Waals surface area contributed by atoms with Gasteiger partial charge < -0.3 is 14.9 Å². The predicted molar refractivity (Wildman–Crippen MR) is 90.4 cm³/mol. The number of aliphatic hydroxyl groups excluding tert-OH is 1. The van der Waals surface area contributed by atoms with E-state index in [9.17, 15) is 9.90 Å². The average Bonchev–Trinajstić information content (AvgIpc) is 3.01. The van der Waals surface area contributed by atoms with Gasteiger partial charge in [0.05, 0.1) is 0 Å². The van der Waals surface area contributed by atoms with Crippen LogP contribution in [-0.4, -0.2) is 40.8 Å². The number of anilines is 1. The van der Waals surface area contributed by atoms with E-state index in [1.165, 1.54) is 0 Å². The molecule has 1 atom stereocenters. The molecule has 0 spiro atoms. The molecule has 0 aliphatic carbocycles. The number of carbonyl (C=O) groups is 1. The first-order chi connectivity index (χ1) is 11.7. The lowest BCUT2D eigenvalue weighted by molar-refractivity contribution is -0.122. The molecule has 2 aromatic rings. The van der Waals surface area contributed by atoms with Gasteiger partial charge in [-0.3, -0.25) is 9.69 Å². The Hall–Kier alpha value is -2.18. The molecule has 1 fully saturated rings. The lowest BCUT2D eigenvalue weighted by atomic mass is 9.94. The number of likely N-dealkylation sites (tertiary alicyclic amines) is 1. The Morgan fingerprint density at radius 1 is 1.38 bits per heavy atom. The topological polar surface area (TPSA) is 78.6 Å². The Labute approximate surface area is 141 Å². The van der Waals surface area contributed by atoms with Crippen LogP contribution in [0.1, 0.15) is 30.2 Å². The van der Waals surface area contributed by atoms with Gasteiger partial charge in [0.1, 0.15) is 11.8 Å². The van der Waals surface area contributed by atoms with Crippen LogP contribution in [0.3, 0.4) is 0 Å². The molecule has 6 nitrogen and oxygen atoms in total. The molecule has 128 valence electrons. The molecule has 0 radical (unpaired) electrons. The summed E-state index contributed by atoms with van der Waals surface area (Å²) in [7, 11) is 0. The fourth-order valence-corrected chi connectivity index (χ4v) is 3.18. The summed E-state index contributed by atoms with van der Waals surface area (Å²) in [5, 5.41) is 16.0. The predicted octanol–water partition coefficient (Wildman–Crippen LogP) is 2.37. The number of aryl methyl sites for hydroxylation is 1. The van der Waals surface area contributed by atoms with Crippen LogP contribution in [0, 0.1) is 12.8 Å². The number of piperidine rings is 1. The maximum Gasteiger partial charge on any atom is 0.247 e. The molecule has 1 aromatic carbocycles. The number of carbonyl (C=O) groups excluding carboxylic acids is 1. The van der Waals surface area contributed by atoms with Gasteiger partial charge in [-0.1, -0.05) is 35.5 Å². The van der Waals surface area contributed by atoms with Crippen LogP contribution in [0.25, 0.3) is 0 Å². The second-order valence-corrected chi connectivity index (χ2v) is 6.29. The van der Waals surface area contributed by atoms with Crippen LogP contribution < -0.4 is 5.32 Å². The normalized spacial score (nSPS) is 17.6. The highest BCUT2D eigenvalue weighted by atomic mass is 16.5. The Balaban J connectivity index is 1.78. The van der Waals surface area contributed by atoms with Crippen molar-refractivity contribution in [3.63, 3.8) is 0 Å². The van der Waals surface area contributed by atoms with Crippen molar-refractivity contribution in [1.82, 2.24) is 10.1 Å². The molecule has 3 rings (SSSR count). The van der Waals surface area contributed by atoms with E-state index in [0.717, 1.165) is 31.5 Å². The Morgan fingerprint density at radius 2 is 2.08 bits per heavy atom. The van der Waals surface area contributed by atoms with E-state index in [1.807, 2.05) is 30.3 Å². The highest BCUT2D eigenvalue weighted by Crippen LogP contribution is 2.28. The van der Waals surface area contributed by atoms with Crippen LogP contribution in [0.5, 0.6) is 0 Å². The van der Waals surface area contributed by atoms with Crippen LogP contribution >= 0.6 is 0 Å². The molecule has 24 heavy (non-hydrogen) atoms. The third-order valence-corrected chi connectivity index (χ3v) is 4.52. The molecule has 0 bridgehead atoms. The summed E-state index contributed by atoms with van der Waals surface area (Å²) < 4.78 is 5.02. The molecule has 2 heterocycles. The maximum absolute atomic E-state index is 12.9. The molecule has 1 saturated heterocycles. The third kappa shape index (κ3) is 3.83. The van der Waals surface area contributed by atoms with E-state index in [-0.39, 0.29) is 18.6 Å². The van der Waals surface area contributed by atoms with Gasteiger partial charge in [0.2, 0.25) is 5.91 Å². The Kier molecular flexibility index (Phi) is 5.27. The number of amides is 1. The van der Waals surface area contributed by atoms with Crippen molar-refractivity contribution in [2.45, 2.75) is 25.8 Å². The minimum atomic E-state index is -0.372. The van der Waals surface area contributed by atoms with E-state index < -0.39 is 0 Å². The third-order valence-electron chi connectivity index (χ3n) is 4.52. The zero-order chi connectivity index (χ0) is 16.9. The summed E-state index contributed by atoms with van der Waals surface area (Å²) >= 11 is 0. The summed E-state index contributed by atoms with van der Waals surface area (Å²) in [4.78, 5) is 15.1. The van der Waals surface area contributed by atoms with E-state index >= 15 is 0 Å². The molecule has 1 aliphatic heterocycles. The summed E-state index contributed by atoms with van der Waals surface area (Å²) in [6, 6.07) is 11.1. The SMILES string of the molecule is Cc1cc(NC(=O)C(c2ccccc2)N2CCC(CO)CC2)no1. The number of aromatic nitrogens is 1. The first kappa shape index (κ1) is 16.7. The van der Waals surface area contributed by atoms with Gasteiger partial charge >= 0.3 is 0 Å². The largest absolute Gasteiger partial charge is 0.396 e. The van der Waals surface area contributed by atoms with Gasteiger partial charge in [-0.15, -0.1) is 0 Å². The second-order valence-electron chi connectivity index (χ2n) is 6.29. The highest BCUT2D eigenvalue weighted by Gasteiger charge is 2.31. The molecule has 6 heteroatoms. The fourth-order valence-electron chi connectivity index (χ4n) is 3.18. The van der Waals surface area contributed by atoms with Gasteiger partial charge in [0.25, 0.3) is 0 Å². The molecular formula is C18H23N3O3. The van der Waals surface area contributed by atoms with Gasteiger partial charge in [0.15, 0.2) is 5.82 Å². The summed E-state index contributed by atoms with van der Waals surface area (Å²) in [6.45, 7) is 3.58. The zero-order valence-corrected chi connectivity index (χ0v) is 13.8. The minimum Gasteiger partial charge on any atom is -0.396 e. The lowest BCUT2D eigenvalue weighted by Gasteiger charge is -2.36. The standard InChI is InChI=1S/C18H23N3O3/c1-13-11-16(20-24-13)19-18(23)17(15-5-3-2-4-6-15)21-9-7-14(12-22)8-10-21/h2-6,11,14,17,22H,7-10,12H2,1H3,(H,19,20,23). The fraction of sp³-hybridized carbons (Fsp3) is 0.444. The first-order valence-electron chi connectivity index (χ1n) is 8.31. The number of benzene rings is 1. The molecule has 1 aliphatic rings. The summed E-state index contributed by atoms with van der Waals surface area (Å²) in [5.41, 5.74) is 0.956. The zero-order valence-electron chi connectivity index (χ0n) is 13.8. The molecular weight excluding hydrogens is 306 g/mol. The molecule has 1 amide bonds. The minimum absolute atomic E-state index is 0.114. The second kappa shape index (κ2) is 7.59. The highest BCUT2D eigenvalue weighted by molar-refractivity contribution is 5.94. The van der Waals surface area contributed by atoms with Crippen molar-refractivity contribution < 1.29 is 14.4 Å². The van der Waals surface area contributed by atoms with Crippen molar-refractivity contribution in [3.8, 4) is 0 Å². The first-order valence-corrected chi connectivity index (χ1v) is 8.31. The number of nitrogens with one attached hydrogen (secondary N) is 1. The number of rotatable bonds is 5. The molecule has 1 unspecified atom stereocenters. The average molecular weight is 329 g/mol. The Morgan fingerprint density at radius 3 is 2.67 bits per heavy atom. The monoisotopic (exact) mass is 329 g/mol. The maximum atomic E-state index is 12.9. The van der Waals surface area contributed by atoms with E-state index in [4.69, 9.17) is 4.52 Å². The molecule has 2 N–H and O–H groups in total. The van der Waals surface area contributed by atoms with E-state index in [1.54, 1.807) is 13.0 Å². The van der Waals surface area contributed by atoms with Gasteiger partial charge in [-0.05, 0) is 44.3 Å². The smallest absolute Gasteiger partial charge is 0.247 e. The molecule has 1 aromatic heterocycles. The lowest BCUT2D eigenvalue weighted by Crippen LogP contribution is -2.42. The van der Waals surface area contributed by atoms with Crippen molar-refractivity contribution in [2.75, 3.05) is 25.0 Å². The van der Waals surface area contributed by atoms with Crippen molar-refractivity contribution in [1.29, 1.82) is 0 Å². The van der Waals surface area contributed by atoms with Crippen LogP contribution in [-0.2, 0) is 4.79 Å². The van der Waals surface area contributed by atoms with Crippen molar-refractivity contribution in [2.24, 2.45) is 5.92 Å². The van der Waals surface area contributed by atoms with Gasteiger partial charge in [0, 0.05) is 12.7 Å². The summed E-state index contributed by atoms with van der Waals surface area (Å²) in [6.07, 6.45) is 1.80. The van der Waals surface area contributed by atoms with E-state index in [2.05, 4.69) is 15.4 Å². The van der Waals surface area contributed by atoms with Crippen molar-refractivity contribution >= 4 is 11.7 Å². The van der Waals surface area contributed by atoms with Gasteiger partial charge in [-0.2, -0.15) is 0 Å². The van der Waals surface area contributed by atoms with Crippen LogP contribution in [0.4, 0.5) is 5.82 Å². The quantitative estimate of drug-likeness (QED) is 0.880. The summed E-state index contributed by atoms with van der Waals surface area (Å²) in [5.74, 6) is 1.31. The number of hydrogen-bond donors (Lipinski definition) is 2. The van der Waals surface area contributed by atoms with E-state index in [0.29, 0.717) is 17.5 Å². The molecule has 0 saturated carbocycles. The van der Waals surface area contributed by atoms with Crippen molar-refractivity contribution in [3.05, 3.63) is 47.7 Å². The van der Waals surface area contributed by atoms with Gasteiger partial charge in [-0.25, -0.2) is 0 Å². The number of nitrogens with zero attached hydrogens (tertiary/aromatic N) is 2. The number of hydrogen-bond acceptors (Lipinski definition) is 5.